The summed E-state index contributed by atoms with van der Waals surface area (Å²) in [5.74, 6) is 0.827. The van der Waals surface area contributed by atoms with Crippen molar-refractivity contribution in [3.05, 3.63) is 70.8 Å². The SMILES string of the molecule is CCNC(=NCCc1cccc(C(=O)N(C)C)c1)NC(C)c1ccc(CC)cc1. The quantitative estimate of drug-likeness (QED) is 0.529. The van der Waals surface area contributed by atoms with Crippen LogP contribution in [0.5, 0.6) is 0 Å². The first kappa shape index (κ1) is 22.5. The lowest BCUT2D eigenvalue weighted by atomic mass is 10.1. The molecule has 0 aliphatic carbocycles. The zero-order valence-corrected chi connectivity index (χ0v) is 18.3. The fourth-order valence-electron chi connectivity index (χ4n) is 3.07. The van der Waals surface area contributed by atoms with Crippen LogP contribution in [-0.4, -0.2) is 44.0 Å². The van der Waals surface area contributed by atoms with E-state index in [0.717, 1.165) is 30.9 Å². The number of aliphatic imine (C=N–C) groups is 1. The van der Waals surface area contributed by atoms with Crippen molar-refractivity contribution in [2.75, 3.05) is 27.2 Å². The fourth-order valence-corrected chi connectivity index (χ4v) is 3.07. The van der Waals surface area contributed by atoms with Gasteiger partial charge in [-0.2, -0.15) is 0 Å². The van der Waals surface area contributed by atoms with Crippen LogP contribution in [0.25, 0.3) is 0 Å². The predicted molar refractivity (Wildman–Crippen MR) is 122 cm³/mol. The van der Waals surface area contributed by atoms with Crippen LogP contribution in [0.2, 0.25) is 0 Å². The number of hydrogen-bond acceptors (Lipinski definition) is 2. The number of guanidine groups is 1. The van der Waals surface area contributed by atoms with Crippen molar-refractivity contribution in [2.24, 2.45) is 4.99 Å². The summed E-state index contributed by atoms with van der Waals surface area (Å²) in [6, 6.07) is 16.7. The number of carbonyl (C=O) groups excluding carboxylic acids is 1. The van der Waals surface area contributed by atoms with Gasteiger partial charge >= 0.3 is 0 Å². The molecular weight excluding hydrogens is 360 g/mol. The Kier molecular flexibility index (Phi) is 8.71. The van der Waals surface area contributed by atoms with E-state index in [9.17, 15) is 4.79 Å². The number of rotatable bonds is 8. The van der Waals surface area contributed by atoms with E-state index >= 15 is 0 Å². The summed E-state index contributed by atoms with van der Waals surface area (Å²) < 4.78 is 0. The number of nitrogens with one attached hydrogen (secondary N) is 2. The molecule has 0 saturated carbocycles. The molecule has 0 saturated heterocycles. The van der Waals surface area contributed by atoms with Crippen LogP contribution < -0.4 is 10.6 Å². The highest BCUT2D eigenvalue weighted by atomic mass is 16.2. The minimum atomic E-state index is 0.0215. The number of amides is 1. The van der Waals surface area contributed by atoms with Gasteiger partial charge in [-0.05, 0) is 55.5 Å². The van der Waals surface area contributed by atoms with Gasteiger partial charge < -0.3 is 15.5 Å². The van der Waals surface area contributed by atoms with Crippen LogP contribution in [0, 0.1) is 0 Å². The van der Waals surface area contributed by atoms with Gasteiger partial charge in [-0.15, -0.1) is 0 Å². The van der Waals surface area contributed by atoms with Gasteiger partial charge in [0.05, 0.1) is 6.04 Å². The number of nitrogens with zero attached hydrogens (tertiary/aromatic N) is 2. The Morgan fingerprint density at radius 3 is 2.41 bits per heavy atom. The summed E-state index contributed by atoms with van der Waals surface area (Å²) in [6.45, 7) is 7.83. The monoisotopic (exact) mass is 394 g/mol. The molecule has 5 heteroatoms. The van der Waals surface area contributed by atoms with Gasteiger partial charge in [-0.3, -0.25) is 9.79 Å². The van der Waals surface area contributed by atoms with Crippen LogP contribution in [0.1, 0.15) is 53.9 Å². The molecule has 5 nitrogen and oxygen atoms in total. The molecule has 1 unspecified atom stereocenters. The molecule has 0 aliphatic rings. The maximum absolute atomic E-state index is 12.1. The Bertz CT molecular complexity index is 812. The molecular formula is C24H34N4O. The van der Waals surface area contributed by atoms with Crippen LogP contribution in [0.3, 0.4) is 0 Å². The molecule has 2 aromatic rings. The average molecular weight is 395 g/mol. The zero-order valence-electron chi connectivity index (χ0n) is 18.3. The molecule has 0 bridgehead atoms. The van der Waals surface area contributed by atoms with Crippen molar-refractivity contribution in [2.45, 2.75) is 39.7 Å². The molecule has 0 fully saturated rings. The normalized spacial score (nSPS) is 12.4. The van der Waals surface area contributed by atoms with Gasteiger partial charge in [-0.25, -0.2) is 0 Å². The second kappa shape index (κ2) is 11.2. The Morgan fingerprint density at radius 1 is 1.07 bits per heavy atom. The topological polar surface area (TPSA) is 56.7 Å². The van der Waals surface area contributed by atoms with Crippen molar-refractivity contribution in [1.29, 1.82) is 0 Å². The number of carbonyl (C=O) groups is 1. The minimum Gasteiger partial charge on any atom is -0.357 e. The van der Waals surface area contributed by atoms with Gasteiger partial charge in [-0.1, -0.05) is 43.3 Å². The average Bonchev–Trinajstić information content (AvgIpc) is 2.73. The standard InChI is InChI=1S/C24H34N4O/c1-6-19-11-13-21(14-12-19)18(3)27-24(25-7-2)26-16-15-20-9-8-10-22(17-20)23(29)28(4)5/h8-14,17-18H,6-7,15-16H2,1-5H3,(H2,25,26,27). The van der Waals surface area contributed by atoms with Gasteiger partial charge in [0.25, 0.3) is 5.91 Å². The molecule has 0 heterocycles. The molecule has 0 aliphatic heterocycles. The third kappa shape index (κ3) is 6.93. The molecule has 1 atom stereocenters. The van der Waals surface area contributed by atoms with E-state index in [2.05, 4.69) is 55.7 Å². The molecule has 156 valence electrons. The lowest BCUT2D eigenvalue weighted by Gasteiger charge is -2.18. The van der Waals surface area contributed by atoms with E-state index in [0.29, 0.717) is 12.1 Å². The molecule has 2 rings (SSSR count). The van der Waals surface area contributed by atoms with E-state index in [1.165, 1.54) is 11.1 Å². The molecule has 29 heavy (non-hydrogen) atoms. The summed E-state index contributed by atoms with van der Waals surface area (Å²) in [5.41, 5.74) is 4.41. The molecule has 2 N–H and O–H groups in total. The van der Waals surface area contributed by atoms with Crippen LogP contribution in [0.4, 0.5) is 0 Å². The first-order chi connectivity index (χ1) is 13.9. The maximum Gasteiger partial charge on any atom is 0.253 e. The zero-order chi connectivity index (χ0) is 21.2. The van der Waals surface area contributed by atoms with E-state index in [1.807, 2.05) is 24.3 Å². The predicted octanol–water partition coefficient (Wildman–Crippen LogP) is 3.81. The Balaban J connectivity index is 1.99. The Hall–Kier alpha value is -2.82. The summed E-state index contributed by atoms with van der Waals surface area (Å²) in [5, 5.41) is 6.80. The van der Waals surface area contributed by atoms with Gasteiger partial charge in [0, 0.05) is 32.7 Å². The van der Waals surface area contributed by atoms with E-state index in [1.54, 1.807) is 19.0 Å². The van der Waals surface area contributed by atoms with Gasteiger partial charge in [0.15, 0.2) is 5.96 Å². The molecule has 0 aromatic heterocycles. The van der Waals surface area contributed by atoms with Crippen LogP contribution >= 0.6 is 0 Å². The number of aryl methyl sites for hydroxylation is 1. The lowest BCUT2D eigenvalue weighted by Crippen LogP contribution is -2.38. The van der Waals surface area contributed by atoms with E-state index in [4.69, 9.17) is 4.99 Å². The fraction of sp³-hybridized carbons (Fsp3) is 0.417. The van der Waals surface area contributed by atoms with E-state index < -0.39 is 0 Å². The lowest BCUT2D eigenvalue weighted by molar-refractivity contribution is 0.0827. The highest BCUT2D eigenvalue weighted by Crippen LogP contribution is 2.14. The van der Waals surface area contributed by atoms with Crippen molar-refractivity contribution in [3.8, 4) is 0 Å². The summed E-state index contributed by atoms with van der Waals surface area (Å²) in [6.07, 6.45) is 1.83. The molecule has 1 amide bonds. The Labute approximate surface area is 175 Å². The van der Waals surface area contributed by atoms with Crippen LogP contribution in [-0.2, 0) is 12.8 Å². The van der Waals surface area contributed by atoms with Crippen molar-refractivity contribution in [3.63, 3.8) is 0 Å². The molecule has 0 radical (unpaired) electrons. The summed E-state index contributed by atoms with van der Waals surface area (Å²) in [7, 11) is 3.54. The molecule has 2 aromatic carbocycles. The third-order valence-electron chi connectivity index (χ3n) is 4.84. The first-order valence-electron chi connectivity index (χ1n) is 10.4. The van der Waals surface area contributed by atoms with Crippen molar-refractivity contribution in [1.82, 2.24) is 15.5 Å². The largest absolute Gasteiger partial charge is 0.357 e. The smallest absolute Gasteiger partial charge is 0.253 e. The number of benzene rings is 2. The van der Waals surface area contributed by atoms with Gasteiger partial charge in [0.2, 0.25) is 0 Å². The third-order valence-corrected chi connectivity index (χ3v) is 4.84. The second-order valence-corrected chi connectivity index (χ2v) is 7.37. The van der Waals surface area contributed by atoms with Gasteiger partial charge in [0.1, 0.15) is 0 Å². The maximum atomic E-state index is 12.1. The van der Waals surface area contributed by atoms with E-state index in [-0.39, 0.29) is 11.9 Å². The van der Waals surface area contributed by atoms with Crippen molar-refractivity contribution >= 4 is 11.9 Å². The van der Waals surface area contributed by atoms with Crippen LogP contribution in [0.15, 0.2) is 53.5 Å². The second-order valence-electron chi connectivity index (χ2n) is 7.37. The summed E-state index contributed by atoms with van der Waals surface area (Å²) in [4.78, 5) is 18.5. The minimum absolute atomic E-state index is 0.0215. The Morgan fingerprint density at radius 2 is 1.79 bits per heavy atom. The summed E-state index contributed by atoms with van der Waals surface area (Å²) >= 11 is 0. The highest BCUT2D eigenvalue weighted by molar-refractivity contribution is 5.94. The highest BCUT2D eigenvalue weighted by Gasteiger charge is 2.09. The molecule has 0 spiro atoms. The first-order valence-corrected chi connectivity index (χ1v) is 10.4. The number of hydrogen-bond donors (Lipinski definition) is 2. The van der Waals surface area contributed by atoms with Crippen molar-refractivity contribution < 1.29 is 4.79 Å².